The monoisotopic (exact) mass is 279 g/mol. The standard InChI is InChI=1S/C17H17N3O/c1-21-14-9-5-8-13(11-14)16-15(19-20-17(16)18)10-12-6-3-2-4-7-12/h2-9,11H,10H2,1H3,(H3,18,19,20). The van der Waals surface area contributed by atoms with E-state index in [0.29, 0.717) is 5.82 Å². The molecule has 1 aromatic heterocycles. The second kappa shape index (κ2) is 5.71. The number of methoxy groups -OCH3 is 1. The maximum absolute atomic E-state index is 6.04. The van der Waals surface area contributed by atoms with Crippen molar-refractivity contribution in [1.29, 1.82) is 0 Å². The number of nitrogens with two attached hydrogens (primary N) is 1. The quantitative estimate of drug-likeness (QED) is 0.770. The summed E-state index contributed by atoms with van der Waals surface area (Å²) in [6.07, 6.45) is 0.761. The minimum Gasteiger partial charge on any atom is -0.497 e. The van der Waals surface area contributed by atoms with Crippen LogP contribution in [0.4, 0.5) is 5.82 Å². The molecule has 106 valence electrons. The van der Waals surface area contributed by atoms with E-state index in [1.165, 1.54) is 5.56 Å². The van der Waals surface area contributed by atoms with E-state index in [1.807, 2.05) is 42.5 Å². The van der Waals surface area contributed by atoms with Crippen LogP contribution in [-0.2, 0) is 6.42 Å². The summed E-state index contributed by atoms with van der Waals surface area (Å²) >= 11 is 0. The third kappa shape index (κ3) is 2.74. The van der Waals surface area contributed by atoms with Crippen molar-refractivity contribution >= 4 is 5.82 Å². The summed E-state index contributed by atoms with van der Waals surface area (Å²) in [5.74, 6) is 1.31. The molecule has 3 aromatic rings. The number of rotatable bonds is 4. The minimum atomic E-state index is 0.509. The van der Waals surface area contributed by atoms with Gasteiger partial charge < -0.3 is 10.5 Å². The summed E-state index contributed by atoms with van der Waals surface area (Å²) in [5, 5.41) is 7.20. The molecule has 21 heavy (non-hydrogen) atoms. The van der Waals surface area contributed by atoms with Crippen LogP contribution in [0.1, 0.15) is 11.3 Å². The number of nitrogen functional groups attached to an aromatic ring is 1. The van der Waals surface area contributed by atoms with Gasteiger partial charge in [0, 0.05) is 17.7 Å². The lowest BCUT2D eigenvalue weighted by Gasteiger charge is -2.07. The van der Waals surface area contributed by atoms with Gasteiger partial charge in [-0.05, 0) is 23.3 Å². The first-order valence-corrected chi connectivity index (χ1v) is 6.79. The van der Waals surface area contributed by atoms with E-state index in [-0.39, 0.29) is 0 Å². The second-order valence-electron chi connectivity index (χ2n) is 4.86. The molecule has 0 amide bonds. The molecule has 0 atom stereocenters. The highest BCUT2D eigenvalue weighted by Gasteiger charge is 2.14. The van der Waals surface area contributed by atoms with Gasteiger partial charge in [0.2, 0.25) is 0 Å². The summed E-state index contributed by atoms with van der Waals surface area (Å²) < 4.78 is 5.28. The molecule has 0 bridgehead atoms. The van der Waals surface area contributed by atoms with Crippen molar-refractivity contribution in [3.8, 4) is 16.9 Å². The van der Waals surface area contributed by atoms with Crippen LogP contribution in [0.25, 0.3) is 11.1 Å². The van der Waals surface area contributed by atoms with Gasteiger partial charge in [0.1, 0.15) is 5.75 Å². The Kier molecular flexibility index (Phi) is 3.60. The molecule has 0 saturated heterocycles. The summed E-state index contributed by atoms with van der Waals surface area (Å²) in [4.78, 5) is 0. The molecule has 4 nitrogen and oxygen atoms in total. The molecule has 4 heteroatoms. The van der Waals surface area contributed by atoms with Crippen molar-refractivity contribution < 1.29 is 4.74 Å². The molecule has 0 aliphatic carbocycles. The molecular formula is C17H17N3O. The fourth-order valence-electron chi connectivity index (χ4n) is 2.42. The Morgan fingerprint density at radius 2 is 1.90 bits per heavy atom. The topological polar surface area (TPSA) is 63.9 Å². The van der Waals surface area contributed by atoms with Crippen LogP contribution in [-0.4, -0.2) is 17.3 Å². The predicted molar refractivity (Wildman–Crippen MR) is 84.2 cm³/mol. The molecular weight excluding hydrogens is 262 g/mol. The highest BCUT2D eigenvalue weighted by atomic mass is 16.5. The Labute approximate surface area is 123 Å². The van der Waals surface area contributed by atoms with E-state index >= 15 is 0 Å². The third-order valence-electron chi connectivity index (χ3n) is 3.45. The number of anilines is 1. The SMILES string of the molecule is COc1cccc(-c2c(N)n[nH]c2Cc2ccccc2)c1. The van der Waals surface area contributed by atoms with E-state index in [0.717, 1.165) is 29.0 Å². The van der Waals surface area contributed by atoms with Crippen LogP contribution in [0.2, 0.25) is 0 Å². The van der Waals surface area contributed by atoms with E-state index in [1.54, 1.807) is 7.11 Å². The molecule has 0 fully saturated rings. The van der Waals surface area contributed by atoms with Crippen LogP contribution < -0.4 is 10.5 Å². The Balaban J connectivity index is 2.00. The van der Waals surface area contributed by atoms with Gasteiger partial charge in [-0.1, -0.05) is 42.5 Å². The average Bonchev–Trinajstić information content (AvgIpc) is 2.89. The van der Waals surface area contributed by atoms with Gasteiger partial charge in [0.15, 0.2) is 5.82 Å². The van der Waals surface area contributed by atoms with Crippen LogP contribution >= 0.6 is 0 Å². The number of benzene rings is 2. The van der Waals surface area contributed by atoms with E-state index in [4.69, 9.17) is 10.5 Å². The fraction of sp³-hybridized carbons (Fsp3) is 0.118. The van der Waals surface area contributed by atoms with Gasteiger partial charge in [0.05, 0.1) is 7.11 Å². The zero-order valence-corrected chi connectivity index (χ0v) is 11.8. The van der Waals surface area contributed by atoms with Gasteiger partial charge in [-0.2, -0.15) is 5.10 Å². The Hall–Kier alpha value is -2.75. The highest BCUT2D eigenvalue weighted by molar-refractivity contribution is 5.77. The lowest BCUT2D eigenvalue weighted by Crippen LogP contribution is -1.93. The molecule has 1 heterocycles. The summed E-state index contributed by atoms with van der Waals surface area (Å²) in [6, 6.07) is 18.1. The van der Waals surface area contributed by atoms with Crippen molar-refractivity contribution in [2.45, 2.75) is 6.42 Å². The number of H-pyrrole nitrogens is 1. The molecule has 3 N–H and O–H groups in total. The van der Waals surface area contributed by atoms with Gasteiger partial charge in [-0.25, -0.2) is 0 Å². The highest BCUT2D eigenvalue weighted by Crippen LogP contribution is 2.31. The van der Waals surface area contributed by atoms with Crippen LogP contribution in [0, 0.1) is 0 Å². The Morgan fingerprint density at radius 3 is 2.67 bits per heavy atom. The Morgan fingerprint density at radius 1 is 1.10 bits per heavy atom. The van der Waals surface area contributed by atoms with Crippen molar-refractivity contribution in [2.75, 3.05) is 12.8 Å². The molecule has 2 aromatic carbocycles. The molecule has 0 aliphatic heterocycles. The zero-order valence-electron chi connectivity index (χ0n) is 11.8. The molecule has 3 rings (SSSR count). The summed E-state index contributed by atoms with van der Waals surface area (Å²) in [7, 11) is 1.66. The second-order valence-corrected chi connectivity index (χ2v) is 4.86. The fourth-order valence-corrected chi connectivity index (χ4v) is 2.42. The number of aromatic amines is 1. The number of hydrogen-bond acceptors (Lipinski definition) is 3. The van der Waals surface area contributed by atoms with Gasteiger partial charge in [0.25, 0.3) is 0 Å². The maximum atomic E-state index is 6.04. The lowest BCUT2D eigenvalue weighted by molar-refractivity contribution is 0.415. The lowest BCUT2D eigenvalue weighted by atomic mass is 10.0. The first kappa shape index (κ1) is 13.2. The largest absolute Gasteiger partial charge is 0.497 e. The molecule has 0 radical (unpaired) electrons. The first-order valence-electron chi connectivity index (χ1n) is 6.79. The number of nitrogens with one attached hydrogen (secondary N) is 1. The van der Waals surface area contributed by atoms with Gasteiger partial charge in [-0.3, -0.25) is 5.10 Å². The number of ether oxygens (including phenoxy) is 1. The number of hydrogen-bond donors (Lipinski definition) is 2. The molecule has 0 aliphatic rings. The van der Waals surface area contributed by atoms with E-state index in [2.05, 4.69) is 22.3 Å². The minimum absolute atomic E-state index is 0.509. The molecule has 0 saturated carbocycles. The Bertz CT molecular complexity index is 735. The van der Waals surface area contributed by atoms with Gasteiger partial charge >= 0.3 is 0 Å². The smallest absolute Gasteiger partial charge is 0.153 e. The van der Waals surface area contributed by atoms with Crippen molar-refractivity contribution in [1.82, 2.24) is 10.2 Å². The maximum Gasteiger partial charge on any atom is 0.153 e. The number of aromatic nitrogens is 2. The first-order chi connectivity index (χ1) is 10.3. The van der Waals surface area contributed by atoms with Crippen molar-refractivity contribution in [3.05, 3.63) is 65.9 Å². The van der Waals surface area contributed by atoms with E-state index < -0.39 is 0 Å². The average molecular weight is 279 g/mol. The zero-order chi connectivity index (χ0) is 14.7. The van der Waals surface area contributed by atoms with E-state index in [9.17, 15) is 0 Å². The third-order valence-corrected chi connectivity index (χ3v) is 3.45. The van der Waals surface area contributed by atoms with Crippen molar-refractivity contribution in [3.63, 3.8) is 0 Å². The van der Waals surface area contributed by atoms with Crippen LogP contribution in [0.3, 0.4) is 0 Å². The molecule has 0 spiro atoms. The van der Waals surface area contributed by atoms with Gasteiger partial charge in [-0.15, -0.1) is 0 Å². The van der Waals surface area contributed by atoms with Crippen molar-refractivity contribution in [2.24, 2.45) is 0 Å². The predicted octanol–water partition coefficient (Wildman–Crippen LogP) is 3.26. The molecule has 0 unspecified atom stereocenters. The number of nitrogens with zero attached hydrogens (tertiary/aromatic N) is 1. The summed E-state index contributed by atoms with van der Waals surface area (Å²) in [6.45, 7) is 0. The van der Waals surface area contributed by atoms with Crippen LogP contribution in [0.15, 0.2) is 54.6 Å². The summed E-state index contributed by atoms with van der Waals surface area (Å²) in [5.41, 5.74) is 10.2. The van der Waals surface area contributed by atoms with Crippen LogP contribution in [0.5, 0.6) is 5.75 Å². The normalized spacial score (nSPS) is 10.5.